The van der Waals surface area contributed by atoms with Gasteiger partial charge in [0, 0.05) is 43.9 Å². The van der Waals surface area contributed by atoms with Crippen LogP contribution >= 0.6 is 0 Å². The quantitative estimate of drug-likeness (QED) is 0.897. The number of nitrogens with one attached hydrogen (secondary N) is 1. The number of hydrogen-bond acceptors (Lipinski definition) is 3. The molecule has 0 saturated carbocycles. The third-order valence-corrected chi connectivity index (χ3v) is 4.77. The molecule has 2 fully saturated rings. The molecule has 1 aromatic rings. The molecular weight excluding hydrogens is 252 g/mol. The van der Waals surface area contributed by atoms with Crippen molar-refractivity contribution in [1.82, 2.24) is 19.8 Å². The molecule has 5 nitrogen and oxygen atoms in total. The van der Waals surface area contributed by atoms with Gasteiger partial charge in [0.05, 0.1) is 0 Å². The zero-order valence-electron chi connectivity index (χ0n) is 12.3. The van der Waals surface area contributed by atoms with Crippen LogP contribution in [-0.4, -0.2) is 46.5 Å². The van der Waals surface area contributed by atoms with Crippen LogP contribution < -0.4 is 5.32 Å². The molecule has 0 aliphatic carbocycles. The molecule has 2 aliphatic heterocycles. The third kappa shape index (κ3) is 2.59. The summed E-state index contributed by atoms with van der Waals surface area (Å²) in [4.78, 5) is 18.9. The standard InChI is InChI=1S/C15H24N4O/c1-2-13-17-7-9-18(13)10-14(20)19-8-3-4-15(12-19)5-6-16-11-15/h7,9,16H,2-6,8,10-12H2,1H3/t15-/m1/s1. The van der Waals surface area contributed by atoms with E-state index in [9.17, 15) is 4.79 Å². The summed E-state index contributed by atoms with van der Waals surface area (Å²) in [5.74, 6) is 1.23. The Kier molecular flexibility index (Phi) is 3.78. The number of likely N-dealkylation sites (tertiary alicyclic amines) is 1. The minimum absolute atomic E-state index is 0.240. The zero-order chi connectivity index (χ0) is 14.0. The first-order valence-electron chi connectivity index (χ1n) is 7.71. The Morgan fingerprint density at radius 3 is 3.15 bits per heavy atom. The molecule has 5 heteroatoms. The van der Waals surface area contributed by atoms with E-state index in [1.807, 2.05) is 10.8 Å². The summed E-state index contributed by atoms with van der Waals surface area (Å²) in [5.41, 5.74) is 0.344. The van der Waals surface area contributed by atoms with Crippen LogP contribution in [0, 0.1) is 5.41 Å². The molecule has 0 bridgehead atoms. The third-order valence-electron chi connectivity index (χ3n) is 4.77. The summed E-state index contributed by atoms with van der Waals surface area (Å²) in [7, 11) is 0. The fraction of sp³-hybridized carbons (Fsp3) is 0.733. The molecule has 1 aromatic heterocycles. The van der Waals surface area contributed by atoms with Crippen molar-refractivity contribution < 1.29 is 4.79 Å². The van der Waals surface area contributed by atoms with Crippen molar-refractivity contribution in [3.05, 3.63) is 18.2 Å². The van der Waals surface area contributed by atoms with E-state index < -0.39 is 0 Å². The van der Waals surface area contributed by atoms with Crippen molar-refractivity contribution in [3.8, 4) is 0 Å². The van der Waals surface area contributed by atoms with Gasteiger partial charge in [-0.15, -0.1) is 0 Å². The number of hydrogen-bond donors (Lipinski definition) is 1. The minimum atomic E-state index is 0.240. The first kappa shape index (κ1) is 13.6. The van der Waals surface area contributed by atoms with Gasteiger partial charge in [0.2, 0.25) is 5.91 Å². The SMILES string of the molecule is CCc1nccn1CC(=O)N1CCC[C@]2(CCNC2)C1. The molecule has 0 radical (unpaired) electrons. The molecule has 3 heterocycles. The highest BCUT2D eigenvalue weighted by Crippen LogP contribution is 2.35. The Hall–Kier alpha value is -1.36. The van der Waals surface area contributed by atoms with E-state index in [2.05, 4.69) is 22.1 Å². The van der Waals surface area contributed by atoms with Gasteiger partial charge in [-0.2, -0.15) is 0 Å². The lowest BCUT2D eigenvalue weighted by Gasteiger charge is -2.40. The van der Waals surface area contributed by atoms with E-state index in [-0.39, 0.29) is 5.91 Å². The second kappa shape index (κ2) is 5.56. The van der Waals surface area contributed by atoms with Crippen LogP contribution in [0.5, 0.6) is 0 Å². The molecule has 1 atom stereocenters. The number of aryl methyl sites for hydroxylation is 1. The van der Waals surface area contributed by atoms with Crippen LogP contribution in [-0.2, 0) is 17.8 Å². The number of amides is 1. The first-order chi connectivity index (χ1) is 9.72. The Morgan fingerprint density at radius 2 is 2.40 bits per heavy atom. The number of piperidine rings is 1. The van der Waals surface area contributed by atoms with Gasteiger partial charge in [-0.3, -0.25) is 4.79 Å². The first-order valence-corrected chi connectivity index (χ1v) is 7.71. The predicted octanol–water partition coefficient (Wildman–Crippen LogP) is 1.05. The van der Waals surface area contributed by atoms with Gasteiger partial charge < -0.3 is 14.8 Å². The fourth-order valence-electron chi connectivity index (χ4n) is 3.61. The smallest absolute Gasteiger partial charge is 0.242 e. The molecule has 20 heavy (non-hydrogen) atoms. The largest absolute Gasteiger partial charge is 0.341 e. The molecule has 1 amide bonds. The Morgan fingerprint density at radius 1 is 1.50 bits per heavy atom. The average molecular weight is 276 g/mol. The Labute approximate surface area is 120 Å². The van der Waals surface area contributed by atoms with Crippen molar-refractivity contribution >= 4 is 5.91 Å². The van der Waals surface area contributed by atoms with Crippen molar-refractivity contribution in [2.75, 3.05) is 26.2 Å². The molecular formula is C15H24N4O. The molecule has 0 unspecified atom stereocenters. The number of nitrogens with zero attached hydrogens (tertiary/aromatic N) is 3. The van der Waals surface area contributed by atoms with Crippen LogP contribution in [0.15, 0.2) is 12.4 Å². The summed E-state index contributed by atoms with van der Waals surface area (Å²) in [5, 5.41) is 3.45. The van der Waals surface area contributed by atoms with Crippen molar-refractivity contribution in [2.24, 2.45) is 5.41 Å². The average Bonchev–Trinajstić information content (AvgIpc) is 3.08. The van der Waals surface area contributed by atoms with Gasteiger partial charge >= 0.3 is 0 Å². The normalized spacial score (nSPS) is 26.4. The molecule has 2 saturated heterocycles. The second-order valence-corrected chi connectivity index (χ2v) is 6.17. The topological polar surface area (TPSA) is 50.2 Å². The van der Waals surface area contributed by atoms with Gasteiger partial charge in [-0.1, -0.05) is 6.92 Å². The maximum absolute atomic E-state index is 12.5. The van der Waals surface area contributed by atoms with E-state index in [0.717, 1.165) is 44.8 Å². The summed E-state index contributed by atoms with van der Waals surface area (Å²) in [6.45, 7) is 6.52. The van der Waals surface area contributed by atoms with Gasteiger partial charge in [0.15, 0.2) is 0 Å². The number of imidazole rings is 1. The molecule has 0 aromatic carbocycles. The number of carbonyl (C=O) groups excluding carboxylic acids is 1. The highest BCUT2D eigenvalue weighted by Gasteiger charge is 2.39. The van der Waals surface area contributed by atoms with Crippen molar-refractivity contribution in [3.63, 3.8) is 0 Å². The van der Waals surface area contributed by atoms with Crippen molar-refractivity contribution in [2.45, 2.75) is 39.2 Å². The maximum atomic E-state index is 12.5. The van der Waals surface area contributed by atoms with E-state index >= 15 is 0 Å². The highest BCUT2D eigenvalue weighted by molar-refractivity contribution is 5.76. The molecule has 1 N–H and O–H groups in total. The zero-order valence-corrected chi connectivity index (χ0v) is 12.3. The second-order valence-electron chi connectivity index (χ2n) is 6.17. The van der Waals surface area contributed by atoms with Crippen molar-refractivity contribution in [1.29, 1.82) is 0 Å². The lowest BCUT2D eigenvalue weighted by atomic mass is 9.79. The molecule has 3 rings (SSSR count). The maximum Gasteiger partial charge on any atom is 0.242 e. The highest BCUT2D eigenvalue weighted by atomic mass is 16.2. The van der Waals surface area contributed by atoms with E-state index in [1.54, 1.807) is 6.20 Å². The van der Waals surface area contributed by atoms with Gasteiger partial charge in [0.1, 0.15) is 12.4 Å². The van der Waals surface area contributed by atoms with E-state index in [1.165, 1.54) is 12.8 Å². The molecule has 110 valence electrons. The van der Waals surface area contributed by atoms with Crippen LogP contribution in [0.2, 0.25) is 0 Å². The molecule has 1 spiro atoms. The number of carbonyl (C=O) groups is 1. The lowest BCUT2D eigenvalue weighted by Crippen LogP contribution is -2.48. The van der Waals surface area contributed by atoms with Crippen LogP contribution in [0.25, 0.3) is 0 Å². The summed E-state index contributed by atoms with van der Waals surface area (Å²) < 4.78 is 1.98. The van der Waals surface area contributed by atoms with E-state index in [4.69, 9.17) is 0 Å². The van der Waals surface area contributed by atoms with Crippen LogP contribution in [0.3, 0.4) is 0 Å². The fourth-order valence-corrected chi connectivity index (χ4v) is 3.61. The summed E-state index contributed by atoms with van der Waals surface area (Å²) in [6, 6.07) is 0. The summed E-state index contributed by atoms with van der Waals surface area (Å²) >= 11 is 0. The predicted molar refractivity (Wildman–Crippen MR) is 77.3 cm³/mol. The number of aromatic nitrogens is 2. The van der Waals surface area contributed by atoms with Crippen LogP contribution in [0.1, 0.15) is 32.0 Å². The lowest BCUT2D eigenvalue weighted by molar-refractivity contribution is -0.135. The van der Waals surface area contributed by atoms with Gasteiger partial charge in [-0.05, 0) is 25.8 Å². The molecule has 2 aliphatic rings. The Balaban J connectivity index is 1.65. The van der Waals surface area contributed by atoms with Gasteiger partial charge in [-0.25, -0.2) is 4.98 Å². The number of rotatable bonds is 3. The summed E-state index contributed by atoms with van der Waals surface area (Å²) in [6.07, 6.45) is 8.17. The van der Waals surface area contributed by atoms with E-state index in [0.29, 0.717) is 12.0 Å². The minimum Gasteiger partial charge on any atom is -0.341 e. The van der Waals surface area contributed by atoms with Gasteiger partial charge in [0.25, 0.3) is 0 Å². The Bertz CT molecular complexity index is 476. The monoisotopic (exact) mass is 276 g/mol. The van der Waals surface area contributed by atoms with Crippen LogP contribution in [0.4, 0.5) is 0 Å².